The van der Waals surface area contributed by atoms with Gasteiger partial charge in [-0.25, -0.2) is 4.98 Å². The summed E-state index contributed by atoms with van der Waals surface area (Å²) >= 11 is 5.92. The van der Waals surface area contributed by atoms with E-state index >= 15 is 0 Å². The Balaban J connectivity index is 2.18. The number of hydrogen-bond donors (Lipinski definition) is 1. The van der Waals surface area contributed by atoms with Crippen molar-refractivity contribution in [2.75, 3.05) is 18.0 Å². The summed E-state index contributed by atoms with van der Waals surface area (Å²) in [7, 11) is 0. The van der Waals surface area contributed by atoms with Gasteiger partial charge in [-0.2, -0.15) is 0 Å². The summed E-state index contributed by atoms with van der Waals surface area (Å²) in [6.45, 7) is 2.12. The van der Waals surface area contributed by atoms with E-state index in [1.807, 2.05) is 30.3 Å². The quantitative estimate of drug-likeness (QED) is 0.842. The average molecular weight is 262 g/mol. The predicted octanol–water partition coefficient (Wildman–Crippen LogP) is 2.70. The summed E-state index contributed by atoms with van der Waals surface area (Å²) in [6.07, 6.45) is 0. The zero-order valence-electron chi connectivity index (χ0n) is 10.1. The summed E-state index contributed by atoms with van der Waals surface area (Å²) in [5.41, 5.74) is 6.89. The standard InChI is InChI=1S/C14H16ClN3/c15-13-7-4-8-14(17-13)18(10-9-16)11-12-5-2-1-3-6-12/h1-8H,9-11,16H2. The third-order valence-electron chi connectivity index (χ3n) is 2.64. The molecular formula is C14H16ClN3. The van der Waals surface area contributed by atoms with Gasteiger partial charge in [-0.05, 0) is 17.7 Å². The normalized spacial score (nSPS) is 10.3. The van der Waals surface area contributed by atoms with Crippen molar-refractivity contribution in [2.24, 2.45) is 5.73 Å². The van der Waals surface area contributed by atoms with E-state index in [1.165, 1.54) is 5.56 Å². The first-order valence-corrected chi connectivity index (χ1v) is 6.29. The fraction of sp³-hybridized carbons (Fsp3) is 0.214. The Kier molecular flexibility index (Phi) is 4.56. The first kappa shape index (κ1) is 12.9. The van der Waals surface area contributed by atoms with Crippen molar-refractivity contribution in [2.45, 2.75) is 6.54 Å². The monoisotopic (exact) mass is 261 g/mol. The Hall–Kier alpha value is -1.58. The SMILES string of the molecule is NCCN(Cc1ccccc1)c1cccc(Cl)n1. The van der Waals surface area contributed by atoms with Crippen LogP contribution in [0.15, 0.2) is 48.5 Å². The van der Waals surface area contributed by atoms with Gasteiger partial charge in [-0.3, -0.25) is 0 Å². The van der Waals surface area contributed by atoms with Gasteiger partial charge in [-0.1, -0.05) is 48.0 Å². The summed E-state index contributed by atoms with van der Waals surface area (Å²) in [6, 6.07) is 15.9. The number of halogens is 1. The Labute approximate surface area is 112 Å². The molecule has 3 nitrogen and oxygen atoms in total. The van der Waals surface area contributed by atoms with Crippen molar-refractivity contribution in [3.63, 3.8) is 0 Å². The van der Waals surface area contributed by atoms with Crippen LogP contribution in [0.3, 0.4) is 0 Å². The maximum atomic E-state index is 5.92. The zero-order valence-corrected chi connectivity index (χ0v) is 10.8. The lowest BCUT2D eigenvalue weighted by Gasteiger charge is -2.23. The van der Waals surface area contributed by atoms with Crippen LogP contribution in [-0.4, -0.2) is 18.1 Å². The maximum absolute atomic E-state index is 5.92. The number of rotatable bonds is 5. The molecule has 0 aliphatic heterocycles. The lowest BCUT2D eigenvalue weighted by Crippen LogP contribution is -2.29. The molecule has 0 spiro atoms. The van der Waals surface area contributed by atoms with E-state index in [-0.39, 0.29) is 0 Å². The molecule has 4 heteroatoms. The van der Waals surface area contributed by atoms with Crippen LogP contribution in [0.25, 0.3) is 0 Å². The molecule has 0 amide bonds. The van der Waals surface area contributed by atoms with Crippen molar-refractivity contribution >= 4 is 17.4 Å². The van der Waals surface area contributed by atoms with Gasteiger partial charge in [0.25, 0.3) is 0 Å². The van der Waals surface area contributed by atoms with Gasteiger partial charge in [0.15, 0.2) is 0 Å². The van der Waals surface area contributed by atoms with Crippen molar-refractivity contribution in [1.82, 2.24) is 4.98 Å². The molecule has 0 saturated carbocycles. The largest absolute Gasteiger partial charge is 0.351 e. The minimum atomic E-state index is 0.502. The zero-order chi connectivity index (χ0) is 12.8. The molecule has 2 N–H and O–H groups in total. The second-order valence-electron chi connectivity index (χ2n) is 4.01. The molecular weight excluding hydrogens is 246 g/mol. The van der Waals surface area contributed by atoms with Gasteiger partial charge in [0.05, 0.1) is 0 Å². The maximum Gasteiger partial charge on any atom is 0.131 e. The first-order chi connectivity index (χ1) is 8.79. The second-order valence-corrected chi connectivity index (χ2v) is 4.40. The summed E-state index contributed by atoms with van der Waals surface area (Å²) in [4.78, 5) is 6.45. The van der Waals surface area contributed by atoms with Crippen LogP contribution < -0.4 is 10.6 Å². The van der Waals surface area contributed by atoms with Crippen LogP contribution >= 0.6 is 11.6 Å². The van der Waals surface area contributed by atoms with E-state index in [9.17, 15) is 0 Å². The van der Waals surface area contributed by atoms with Gasteiger partial charge in [0.2, 0.25) is 0 Å². The van der Waals surface area contributed by atoms with Gasteiger partial charge < -0.3 is 10.6 Å². The Morgan fingerprint density at radius 3 is 2.50 bits per heavy atom. The molecule has 94 valence electrons. The molecule has 0 unspecified atom stereocenters. The summed E-state index contributed by atoms with van der Waals surface area (Å²) in [5.74, 6) is 0.858. The van der Waals surface area contributed by atoms with E-state index < -0.39 is 0 Å². The molecule has 0 radical (unpaired) electrons. The number of anilines is 1. The molecule has 1 heterocycles. The van der Waals surface area contributed by atoms with Crippen molar-refractivity contribution in [3.8, 4) is 0 Å². The highest BCUT2D eigenvalue weighted by Gasteiger charge is 2.08. The fourth-order valence-corrected chi connectivity index (χ4v) is 1.97. The number of benzene rings is 1. The van der Waals surface area contributed by atoms with E-state index in [1.54, 1.807) is 6.07 Å². The molecule has 2 rings (SSSR count). The minimum absolute atomic E-state index is 0.502. The Morgan fingerprint density at radius 2 is 1.83 bits per heavy atom. The number of hydrogen-bond acceptors (Lipinski definition) is 3. The van der Waals surface area contributed by atoms with Crippen molar-refractivity contribution < 1.29 is 0 Å². The number of aromatic nitrogens is 1. The van der Waals surface area contributed by atoms with Gasteiger partial charge in [0.1, 0.15) is 11.0 Å². The second kappa shape index (κ2) is 6.38. The predicted molar refractivity (Wildman–Crippen MR) is 75.8 cm³/mol. The highest BCUT2D eigenvalue weighted by molar-refractivity contribution is 6.29. The molecule has 0 aliphatic carbocycles. The fourth-order valence-electron chi connectivity index (χ4n) is 1.81. The smallest absolute Gasteiger partial charge is 0.131 e. The number of pyridine rings is 1. The highest BCUT2D eigenvalue weighted by Crippen LogP contribution is 2.16. The van der Waals surface area contributed by atoms with E-state index in [0.29, 0.717) is 11.7 Å². The van der Waals surface area contributed by atoms with Crippen LogP contribution in [0.1, 0.15) is 5.56 Å². The Morgan fingerprint density at radius 1 is 1.06 bits per heavy atom. The topological polar surface area (TPSA) is 42.1 Å². The molecule has 0 saturated heterocycles. The number of nitrogens with zero attached hydrogens (tertiary/aromatic N) is 2. The first-order valence-electron chi connectivity index (χ1n) is 5.91. The van der Waals surface area contributed by atoms with Crippen LogP contribution in [0.5, 0.6) is 0 Å². The summed E-state index contributed by atoms with van der Waals surface area (Å²) in [5, 5.41) is 0.502. The molecule has 2 aromatic rings. The average Bonchev–Trinajstić information content (AvgIpc) is 2.39. The van der Waals surface area contributed by atoms with Crippen LogP contribution in [0.2, 0.25) is 5.15 Å². The van der Waals surface area contributed by atoms with Crippen molar-refractivity contribution in [3.05, 3.63) is 59.2 Å². The van der Waals surface area contributed by atoms with Crippen LogP contribution in [0.4, 0.5) is 5.82 Å². The third kappa shape index (κ3) is 3.45. The van der Waals surface area contributed by atoms with Crippen LogP contribution in [-0.2, 0) is 6.54 Å². The van der Waals surface area contributed by atoms with Gasteiger partial charge in [0, 0.05) is 19.6 Å². The van der Waals surface area contributed by atoms with E-state index in [4.69, 9.17) is 17.3 Å². The van der Waals surface area contributed by atoms with E-state index in [2.05, 4.69) is 22.0 Å². The van der Waals surface area contributed by atoms with Gasteiger partial charge in [-0.15, -0.1) is 0 Å². The van der Waals surface area contributed by atoms with Crippen molar-refractivity contribution in [1.29, 1.82) is 0 Å². The lowest BCUT2D eigenvalue weighted by atomic mass is 10.2. The molecule has 1 aromatic carbocycles. The third-order valence-corrected chi connectivity index (χ3v) is 2.85. The van der Waals surface area contributed by atoms with E-state index in [0.717, 1.165) is 18.9 Å². The molecule has 0 fully saturated rings. The van der Waals surface area contributed by atoms with Gasteiger partial charge >= 0.3 is 0 Å². The molecule has 0 bridgehead atoms. The molecule has 0 aliphatic rings. The Bertz CT molecular complexity index is 487. The highest BCUT2D eigenvalue weighted by atomic mass is 35.5. The summed E-state index contributed by atoms with van der Waals surface area (Å²) < 4.78 is 0. The minimum Gasteiger partial charge on any atom is -0.351 e. The number of nitrogens with two attached hydrogens (primary N) is 1. The molecule has 1 aromatic heterocycles. The van der Waals surface area contributed by atoms with Crippen LogP contribution in [0, 0.1) is 0 Å². The molecule has 18 heavy (non-hydrogen) atoms. The lowest BCUT2D eigenvalue weighted by molar-refractivity contribution is 0.776. The molecule has 0 atom stereocenters.